The number of aromatic nitrogens is 2. The lowest BCUT2D eigenvalue weighted by Gasteiger charge is -2.07. The number of carbonyl (C=O) groups is 1. The molecule has 2 N–H and O–H groups in total. The summed E-state index contributed by atoms with van der Waals surface area (Å²) in [6.07, 6.45) is 2.60. The van der Waals surface area contributed by atoms with E-state index >= 15 is 0 Å². The molecule has 0 spiro atoms. The summed E-state index contributed by atoms with van der Waals surface area (Å²) in [5.41, 5.74) is -0.114. The van der Waals surface area contributed by atoms with Gasteiger partial charge in [0.1, 0.15) is 5.82 Å². The standard InChI is InChI=1S/C12H12FN3O4S/c13-9-1-3-10(4-2-9)21(19,20)15-5-6-16-7-11(12(17)18)14-8-16/h1-4,7-8,15H,5-6H2,(H,17,18). The lowest BCUT2D eigenvalue weighted by Crippen LogP contribution is -2.27. The molecule has 0 aliphatic heterocycles. The van der Waals surface area contributed by atoms with Crippen molar-refractivity contribution < 1.29 is 22.7 Å². The minimum Gasteiger partial charge on any atom is -0.476 e. The fraction of sp³-hybridized carbons (Fsp3) is 0.167. The van der Waals surface area contributed by atoms with E-state index in [2.05, 4.69) is 9.71 Å². The lowest BCUT2D eigenvalue weighted by molar-refractivity contribution is 0.0691. The monoisotopic (exact) mass is 313 g/mol. The molecule has 0 amide bonds. The molecule has 9 heteroatoms. The number of carboxylic acids is 1. The molecule has 2 rings (SSSR count). The maximum absolute atomic E-state index is 12.7. The van der Waals surface area contributed by atoms with E-state index in [9.17, 15) is 17.6 Å². The Kier molecular flexibility index (Phi) is 4.34. The van der Waals surface area contributed by atoms with Gasteiger partial charge in [0.2, 0.25) is 10.0 Å². The van der Waals surface area contributed by atoms with Crippen molar-refractivity contribution in [3.63, 3.8) is 0 Å². The summed E-state index contributed by atoms with van der Waals surface area (Å²) >= 11 is 0. The fourth-order valence-electron chi connectivity index (χ4n) is 1.60. The van der Waals surface area contributed by atoms with Gasteiger partial charge < -0.3 is 9.67 Å². The van der Waals surface area contributed by atoms with Gasteiger partial charge in [-0.05, 0) is 24.3 Å². The highest BCUT2D eigenvalue weighted by molar-refractivity contribution is 7.89. The van der Waals surface area contributed by atoms with Gasteiger partial charge in [-0.15, -0.1) is 0 Å². The molecule has 0 saturated carbocycles. The Morgan fingerprint density at radius 1 is 1.33 bits per heavy atom. The molecule has 0 aliphatic carbocycles. The molecule has 1 heterocycles. The van der Waals surface area contributed by atoms with Crippen molar-refractivity contribution in [2.24, 2.45) is 0 Å². The number of hydrogen-bond acceptors (Lipinski definition) is 4. The van der Waals surface area contributed by atoms with Crippen LogP contribution in [0.15, 0.2) is 41.7 Å². The first-order valence-electron chi connectivity index (χ1n) is 5.89. The Morgan fingerprint density at radius 2 is 2.00 bits per heavy atom. The van der Waals surface area contributed by atoms with Crippen LogP contribution in [0.3, 0.4) is 0 Å². The predicted molar refractivity (Wildman–Crippen MR) is 70.8 cm³/mol. The van der Waals surface area contributed by atoms with Gasteiger partial charge in [0, 0.05) is 19.3 Å². The topological polar surface area (TPSA) is 101 Å². The Labute approximate surface area is 120 Å². The summed E-state index contributed by atoms with van der Waals surface area (Å²) in [5, 5.41) is 8.71. The van der Waals surface area contributed by atoms with Crippen molar-refractivity contribution in [3.05, 3.63) is 48.3 Å². The van der Waals surface area contributed by atoms with Crippen LogP contribution in [0.5, 0.6) is 0 Å². The summed E-state index contributed by atoms with van der Waals surface area (Å²) in [5.74, 6) is -1.67. The number of nitrogens with zero attached hydrogens (tertiary/aromatic N) is 2. The Balaban J connectivity index is 1.95. The highest BCUT2D eigenvalue weighted by atomic mass is 32.2. The number of aromatic carboxylic acids is 1. The lowest BCUT2D eigenvalue weighted by atomic mass is 10.4. The van der Waals surface area contributed by atoms with Crippen molar-refractivity contribution >= 4 is 16.0 Å². The van der Waals surface area contributed by atoms with Gasteiger partial charge in [-0.2, -0.15) is 0 Å². The molecule has 0 radical (unpaired) electrons. The van der Waals surface area contributed by atoms with Crippen molar-refractivity contribution in [3.8, 4) is 0 Å². The molecule has 112 valence electrons. The van der Waals surface area contributed by atoms with Gasteiger partial charge in [0.05, 0.1) is 11.2 Å². The van der Waals surface area contributed by atoms with Crippen LogP contribution < -0.4 is 4.72 Å². The van der Waals surface area contributed by atoms with E-state index < -0.39 is 21.8 Å². The van der Waals surface area contributed by atoms with Crippen molar-refractivity contribution in [1.82, 2.24) is 14.3 Å². The van der Waals surface area contributed by atoms with Gasteiger partial charge in [0.15, 0.2) is 5.69 Å². The molecule has 0 bridgehead atoms. The zero-order valence-corrected chi connectivity index (χ0v) is 11.5. The van der Waals surface area contributed by atoms with Crippen LogP contribution in [-0.2, 0) is 16.6 Å². The van der Waals surface area contributed by atoms with E-state index in [-0.39, 0.29) is 23.7 Å². The second kappa shape index (κ2) is 6.02. The summed E-state index contributed by atoms with van der Waals surface area (Å²) in [7, 11) is -3.72. The van der Waals surface area contributed by atoms with Crippen molar-refractivity contribution in [2.45, 2.75) is 11.4 Å². The smallest absolute Gasteiger partial charge is 0.356 e. The Morgan fingerprint density at radius 3 is 2.57 bits per heavy atom. The van der Waals surface area contributed by atoms with E-state index in [1.165, 1.54) is 17.1 Å². The van der Waals surface area contributed by atoms with E-state index in [0.717, 1.165) is 24.3 Å². The summed E-state index contributed by atoms with van der Waals surface area (Å²) in [6.45, 7) is 0.274. The van der Waals surface area contributed by atoms with E-state index in [1.807, 2.05) is 0 Å². The molecule has 2 aromatic rings. The van der Waals surface area contributed by atoms with Gasteiger partial charge in [-0.25, -0.2) is 27.3 Å². The third-order valence-electron chi connectivity index (χ3n) is 2.64. The minimum atomic E-state index is -3.72. The molecule has 0 aliphatic rings. The molecular weight excluding hydrogens is 301 g/mol. The van der Waals surface area contributed by atoms with E-state index in [0.29, 0.717) is 0 Å². The second-order valence-electron chi connectivity index (χ2n) is 4.15. The minimum absolute atomic E-state index is 0.0410. The number of rotatable bonds is 6. The zero-order valence-electron chi connectivity index (χ0n) is 10.7. The Bertz CT molecular complexity index is 740. The van der Waals surface area contributed by atoms with Crippen molar-refractivity contribution in [2.75, 3.05) is 6.54 Å². The van der Waals surface area contributed by atoms with Crippen LogP contribution in [0.1, 0.15) is 10.5 Å². The molecule has 0 saturated heterocycles. The molecule has 21 heavy (non-hydrogen) atoms. The summed E-state index contributed by atoms with van der Waals surface area (Å²) < 4.78 is 40.3. The van der Waals surface area contributed by atoms with Crippen LogP contribution in [-0.4, -0.2) is 35.6 Å². The second-order valence-corrected chi connectivity index (χ2v) is 5.92. The van der Waals surface area contributed by atoms with E-state index in [1.54, 1.807) is 0 Å². The number of halogens is 1. The number of imidazole rings is 1. The number of sulfonamides is 1. The largest absolute Gasteiger partial charge is 0.476 e. The van der Waals surface area contributed by atoms with Crippen LogP contribution >= 0.6 is 0 Å². The zero-order chi connectivity index (χ0) is 15.5. The van der Waals surface area contributed by atoms with Gasteiger partial charge >= 0.3 is 5.97 Å². The van der Waals surface area contributed by atoms with E-state index in [4.69, 9.17) is 5.11 Å². The van der Waals surface area contributed by atoms with Gasteiger partial charge in [-0.3, -0.25) is 0 Å². The number of carboxylic acid groups (broad SMARTS) is 1. The normalized spacial score (nSPS) is 11.5. The first-order valence-corrected chi connectivity index (χ1v) is 7.37. The van der Waals surface area contributed by atoms with Crippen LogP contribution in [0, 0.1) is 5.82 Å². The third kappa shape index (κ3) is 3.86. The average molecular weight is 313 g/mol. The van der Waals surface area contributed by atoms with Crippen LogP contribution in [0.25, 0.3) is 0 Å². The first kappa shape index (κ1) is 15.1. The average Bonchev–Trinajstić information content (AvgIpc) is 2.88. The summed E-state index contributed by atoms with van der Waals surface area (Å²) in [6, 6.07) is 4.45. The van der Waals surface area contributed by atoms with Gasteiger partial charge in [0.25, 0.3) is 0 Å². The third-order valence-corrected chi connectivity index (χ3v) is 4.12. The molecular formula is C12H12FN3O4S. The molecule has 1 aromatic heterocycles. The molecule has 0 fully saturated rings. The molecule has 1 aromatic carbocycles. The number of nitrogens with one attached hydrogen (secondary N) is 1. The molecule has 7 nitrogen and oxygen atoms in total. The number of benzene rings is 1. The molecule has 0 unspecified atom stereocenters. The fourth-order valence-corrected chi connectivity index (χ4v) is 2.62. The molecule has 0 atom stereocenters. The Hall–Kier alpha value is -2.26. The van der Waals surface area contributed by atoms with Gasteiger partial charge in [-0.1, -0.05) is 0 Å². The highest BCUT2D eigenvalue weighted by Crippen LogP contribution is 2.09. The highest BCUT2D eigenvalue weighted by Gasteiger charge is 2.13. The first-order chi connectivity index (χ1) is 9.88. The van der Waals surface area contributed by atoms with Crippen LogP contribution in [0.2, 0.25) is 0 Å². The number of hydrogen-bond donors (Lipinski definition) is 2. The summed E-state index contributed by atoms with van der Waals surface area (Å²) in [4.78, 5) is 14.2. The maximum atomic E-state index is 12.7. The predicted octanol–water partition coefficient (Wildman–Crippen LogP) is 0.699. The SMILES string of the molecule is O=C(O)c1cn(CCNS(=O)(=O)c2ccc(F)cc2)cn1. The maximum Gasteiger partial charge on any atom is 0.356 e. The van der Waals surface area contributed by atoms with Crippen molar-refractivity contribution in [1.29, 1.82) is 0 Å². The quantitative estimate of drug-likeness (QED) is 0.817. The van der Waals surface area contributed by atoms with Crippen LogP contribution in [0.4, 0.5) is 4.39 Å².